The maximum absolute atomic E-state index is 12.7. The van der Waals surface area contributed by atoms with Gasteiger partial charge in [-0.3, -0.25) is 14.5 Å². The fraction of sp³-hybridized carbons (Fsp3) is 0.850. The van der Waals surface area contributed by atoms with Crippen LogP contribution in [0.3, 0.4) is 0 Å². The first-order valence-corrected chi connectivity index (χ1v) is 10.4. The Morgan fingerprint density at radius 3 is 2.42 bits per heavy atom. The Morgan fingerprint density at radius 2 is 1.81 bits per heavy atom. The van der Waals surface area contributed by atoms with Crippen LogP contribution in [0.1, 0.15) is 64.7 Å². The predicted molar refractivity (Wildman–Crippen MR) is 97.3 cm³/mol. The predicted octanol–water partition coefficient (Wildman–Crippen LogP) is 2.62. The number of carbonyl (C=O) groups is 3. The summed E-state index contributed by atoms with van der Waals surface area (Å²) in [6.07, 6.45) is 9.61. The van der Waals surface area contributed by atoms with Crippen LogP contribution in [-0.4, -0.2) is 64.8 Å². The highest BCUT2D eigenvalue weighted by Gasteiger charge is 2.56. The van der Waals surface area contributed by atoms with Crippen LogP contribution >= 0.6 is 0 Å². The highest BCUT2D eigenvalue weighted by Crippen LogP contribution is 2.46. The molecule has 0 aromatic rings. The van der Waals surface area contributed by atoms with Crippen molar-refractivity contribution in [3.8, 4) is 0 Å². The van der Waals surface area contributed by atoms with E-state index in [1.807, 2.05) is 11.8 Å². The molecule has 1 atom stereocenters. The molecule has 6 nitrogen and oxygen atoms in total. The highest BCUT2D eigenvalue weighted by atomic mass is 16.2. The van der Waals surface area contributed by atoms with Crippen LogP contribution in [0, 0.1) is 11.3 Å². The summed E-state index contributed by atoms with van der Waals surface area (Å²) in [6, 6.07) is -0.373. The fourth-order valence-corrected chi connectivity index (χ4v) is 5.56. The van der Waals surface area contributed by atoms with Gasteiger partial charge in [-0.25, -0.2) is 4.79 Å². The minimum absolute atomic E-state index is 0.0230. The molecule has 3 heterocycles. The van der Waals surface area contributed by atoms with Crippen LogP contribution < -0.4 is 0 Å². The summed E-state index contributed by atoms with van der Waals surface area (Å²) in [6.45, 7) is 4.56. The first kappa shape index (κ1) is 17.8. The van der Waals surface area contributed by atoms with Crippen molar-refractivity contribution >= 4 is 17.8 Å². The monoisotopic (exact) mass is 361 g/mol. The number of urea groups is 1. The number of hydrogen-bond acceptors (Lipinski definition) is 3. The van der Waals surface area contributed by atoms with Crippen molar-refractivity contribution in [2.24, 2.45) is 11.3 Å². The van der Waals surface area contributed by atoms with Gasteiger partial charge in [0.15, 0.2) is 0 Å². The van der Waals surface area contributed by atoms with Gasteiger partial charge in [0.1, 0.15) is 6.04 Å². The van der Waals surface area contributed by atoms with Gasteiger partial charge in [-0.1, -0.05) is 19.3 Å². The Balaban J connectivity index is 1.32. The van der Waals surface area contributed by atoms with Crippen molar-refractivity contribution in [3.05, 3.63) is 0 Å². The Labute approximate surface area is 155 Å². The number of piperidine rings is 1. The summed E-state index contributed by atoms with van der Waals surface area (Å²) >= 11 is 0. The Kier molecular flexibility index (Phi) is 4.70. The first-order chi connectivity index (χ1) is 12.5. The molecule has 144 valence electrons. The van der Waals surface area contributed by atoms with E-state index in [2.05, 4.69) is 0 Å². The topological polar surface area (TPSA) is 60.9 Å². The van der Waals surface area contributed by atoms with Gasteiger partial charge in [0.2, 0.25) is 5.91 Å². The fourth-order valence-electron chi connectivity index (χ4n) is 5.56. The molecule has 3 saturated heterocycles. The number of rotatable bonds is 3. The van der Waals surface area contributed by atoms with Crippen LogP contribution in [0.4, 0.5) is 4.79 Å². The Morgan fingerprint density at radius 1 is 1.12 bits per heavy atom. The normalized spacial score (nSPS) is 29.0. The number of nitrogens with zero attached hydrogens (tertiary/aromatic N) is 3. The molecule has 1 unspecified atom stereocenters. The third-order valence-electron chi connectivity index (χ3n) is 7.22. The van der Waals surface area contributed by atoms with E-state index in [-0.39, 0.29) is 23.4 Å². The number of likely N-dealkylation sites (tertiary alicyclic amines) is 1. The van der Waals surface area contributed by atoms with Crippen molar-refractivity contribution < 1.29 is 14.4 Å². The maximum Gasteiger partial charge on any atom is 0.327 e. The van der Waals surface area contributed by atoms with Gasteiger partial charge in [-0.15, -0.1) is 0 Å². The summed E-state index contributed by atoms with van der Waals surface area (Å²) in [5.41, 5.74) is 0.0391. The van der Waals surface area contributed by atoms with E-state index >= 15 is 0 Å². The van der Waals surface area contributed by atoms with Crippen molar-refractivity contribution in [2.45, 2.75) is 70.8 Å². The summed E-state index contributed by atoms with van der Waals surface area (Å²) in [5.74, 6) is 0.874. The highest BCUT2D eigenvalue weighted by molar-refractivity contribution is 6.04. The van der Waals surface area contributed by atoms with E-state index in [0.717, 1.165) is 32.4 Å². The number of imide groups is 1. The van der Waals surface area contributed by atoms with E-state index in [0.29, 0.717) is 31.3 Å². The second-order valence-electron chi connectivity index (χ2n) is 8.80. The average Bonchev–Trinajstić information content (AvgIpc) is 3.11. The SMILES string of the molecule is CCN1C(=O)C2CC3(CCN(C(=O)CC4CCCCC4)CC3)CN2C1=O. The van der Waals surface area contributed by atoms with Crippen molar-refractivity contribution in [3.63, 3.8) is 0 Å². The largest absolute Gasteiger partial charge is 0.343 e. The molecule has 0 bridgehead atoms. The van der Waals surface area contributed by atoms with Gasteiger partial charge in [-0.05, 0) is 50.4 Å². The van der Waals surface area contributed by atoms with Crippen molar-refractivity contribution in [2.75, 3.05) is 26.2 Å². The lowest BCUT2D eigenvalue weighted by molar-refractivity contribution is -0.135. The minimum Gasteiger partial charge on any atom is -0.343 e. The second-order valence-corrected chi connectivity index (χ2v) is 8.80. The molecule has 4 fully saturated rings. The van der Waals surface area contributed by atoms with Crippen molar-refractivity contribution in [1.29, 1.82) is 0 Å². The zero-order valence-electron chi connectivity index (χ0n) is 15.9. The molecule has 26 heavy (non-hydrogen) atoms. The molecule has 4 rings (SSSR count). The summed E-state index contributed by atoms with van der Waals surface area (Å²) in [4.78, 5) is 42.7. The van der Waals surface area contributed by atoms with E-state index in [9.17, 15) is 14.4 Å². The molecule has 1 saturated carbocycles. The Hall–Kier alpha value is -1.59. The molecular weight excluding hydrogens is 330 g/mol. The summed E-state index contributed by atoms with van der Waals surface area (Å²) < 4.78 is 0. The van der Waals surface area contributed by atoms with E-state index in [1.54, 1.807) is 4.90 Å². The number of carbonyl (C=O) groups excluding carboxylic acids is 3. The smallest absolute Gasteiger partial charge is 0.327 e. The molecule has 0 N–H and O–H groups in total. The number of amides is 4. The van der Waals surface area contributed by atoms with E-state index in [1.165, 1.54) is 37.0 Å². The Bertz CT molecular complexity index is 565. The molecule has 1 aliphatic carbocycles. The number of likely N-dealkylation sites (N-methyl/N-ethyl adjacent to an activating group) is 1. The minimum atomic E-state index is -0.257. The van der Waals surface area contributed by atoms with Crippen LogP contribution in [0.2, 0.25) is 0 Å². The van der Waals surface area contributed by atoms with Gasteiger partial charge in [0, 0.05) is 32.6 Å². The third kappa shape index (κ3) is 3.01. The molecule has 0 aromatic heterocycles. The molecule has 0 radical (unpaired) electrons. The number of hydrogen-bond donors (Lipinski definition) is 0. The van der Waals surface area contributed by atoms with Gasteiger partial charge < -0.3 is 9.80 Å². The zero-order chi connectivity index (χ0) is 18.3. The van der Waals surface area contributed by atoms with E-state index < -0.39 is 0 Å². The first-order valence-electron chi connectivity index (χ1n) is 10.4. The van der Waals surface area contributed by atoms with Gasteiger partial charge in [-0.2, -0.15) is 0 Å². The zero-order valence-corrected chi connectivity index (χ0v) is 15.9. The summed E-state index contributed by atoms with van der Waals surface area (Å²) in [7, 11) is 0. The molecule has 4 amide bonds. The standard InChI is InChI=1S/C20H31N3O3/c1-2-22-18(25)16-13-20(14-23(16)19(22)26)8-10-21(11-9-20)17(24)12-15-6-4-3-5-7-15/h15-16H,2-14H2,1H3. The molecule has 6 heteroatoms. The second kappa shape index (κ2) is 6.86. The van der Waals surface area contributed by atoms with Crippen LogP contribution in [-0.2, 0) is 9.59 Å². The van der Waals surface area contributed by atoms with Gasteiger partial charge in [0.25, 0.3) is 5.91 Å². The van der Waals surface area contributed by atoms with Gasteiger partial charge >= 0.3 is 6.03 Å². The maximum atomic E-state index is 12.7. The number of fused-ring (bicyclic) bond motifs is 1. The lowest BCUT2D eigenvalue weighted by atomic mass is 9.76. The lowest BCUT2D eigenvalue weighted by Gasteiger charge is -2.40. The molecule has 1 spiro atoms. The molecule has 3 aliphatic heterocycles. The third-order valence-corrected chi connectivity index (χ3v) is 7.22. The van der Waals surface area contributed by atoms with Gasteiger partial charge in [0.05, 0.1) is 0 Å². The van der Waals surface area contributed by atoms with Crippen LogP contribution in [0.5, 0.6) is 0 Å². The average molecular weight is 361 g/mol. The molecular formula is C20H31N3O3. The molecule has 4 aliphatic rings. The lowest BCUT2D eigenvalue weighted by Crippen LogP contribution is -2.46. The quantitative estimate of drug-likeness (QED) is 0.726. The van der Waals surface area contributed by atoms with Crippen LogP contribution in [0.25, 0.3) is 0 Å². The van der Waals surface area contributed by atoms with E-state index in [4.69, 9.17) is 0 Å². The van der Waals surface area contributed by atoms with Crippen molar-refractivity contribution in [1.82, 2.24) is 14.7 Å². The van der Waals surface area contributed by atoms with Crippen LogP contribution in [0.15, 0.2) is 0 Å². The summed E-state index contributed by atoms with van der Waals surface area (Å²) in [5, 5.41) is 0. The molecule has 0 aromatic carbocycles.